The second-order valence-corrected chi connectivity index (χ2v) is 4.74. The van der Waals surface area contributed by atoms with E-state index >= 15 is 0 Å². The third-order valence-electron chi connectivity index (χ3n) is 3.35. The summed E-state index contributed by atoms with van der Waals surface area (Å²) in [7, 11) is 0. The number of aliphatic carboxylic acids is 1. The molecule has 0 aromatic carbocycles. The predicted molar refractivity (Wildman–Crippen MR) is 64.5 cm³/mol. The fourth-order valence-corrected chi connectivity index (χ4v) is 2.32. The van der Waals surface area contributed by atoms with Gasteiger partial charge in [-0.05, 0) is 25.8 Å². The minimum atomic E-state index is -1.04. The van der Waals surface area contributed by atoms with Crippen molar-refractivity contribution < 1.29 is 14.7 Å². The third-order valence-corrected chi connectivity index (χ3v) is 3.35. The Morgan fingerprint density at radius 2 is 1.76 bits per heavy atom. The number of carboxylic acids is 1. The highest BCUT2D eigenvalue weighted by molar-refractivity contribution is 5.87. The molecule has 5 heteroatoms. The van der Waals surface area contributed by atoms with E-state index in [1.54, 1.807) is 0 Å². The minimum absolute atomic E-state index is 0.195. The second kappa shape index (κ2) is 6.59. The van der Waals surface area contributed by atoms with Crippen LogP contribution in [0.15, 0.2) is 0 Å². The smallest absolute Gasteiger partial charge is 0.329 e. The number of carbonyl (C=O) groups excluding carboxylic acids is 1. The van der Waals surface area contributed by atoms with Crippen molar-refractivity contribution in [2.75, 3.05) is 6.54 Å². The van der Waals surface area contributed by atoms with E-state index in [2.05, 4.69) is 5.32 Å². The van der Waals surface area contributed by atoms with Crippen LogP contribution in [0.1, 0.15) is 51.4 Å². The molecule has 1 rings (SSSR count). The average Bonchev–Trinajstić information content (AvgIpc) is 2.53. The Labute approximate surface area is 102 Å². The van der Waals surface area contributed by atoms with E-state index in [1.807, 2.05) is 0 Å². The molecule has 0 atom stereocenters. The van der Waals surface area contributed by atoms with Crippen LogP contribution in [0.5, 0.6) is 0 Å². The van der Waals surface area contributed by atoms with Crippen LogP contribution in [0.4, 0.5) is 0 Å². The molecule has 1 aliphatic carbocycles. The van der Waals surface area contributed by atoms with Crippen molar-refractivity contribution >= 4 is 11.9 Å². The molecule has 0 heterocycles. The van der Waals surface area contributed by atoms with E-state index in [0.717, 1.165) is 25.7 Å². The second-order valence-electron chi connectivity index (χ2n) is 4.74. The molecule has 0 aromatic heterocycles. The lowest BCUT2D eigenvalue weighted by molar-refractivity contribution is -0.148. The summed E-state index contributed by atoms with van der Waals surface area (Å²) in [6.45, 7) is 0.452. The molecule has 0 radical (unpaired) electrons. The summed E-state index contributed by atoms with van der Waals surface area (Å²) >= 11 is 0. The molecule has 1 saturated carbocycles. The van der Waals surface area contributed by atoms with Crippen molar-refractivity contribution in [3.63, 3.8) is 0 Å². The van der Waals surface area contributed by atoms with E-state index < -0.39 is 11.5 Å². The average molecular weight is 242 g/mol. The van der Waals surface area contributed by atoms with Crippen molar-refractivity contribution in [1.29, 1.82) is 0 Å². The summed E-state index contributed by atoms with van der Waals surface area (Å²) in [4.78, 5) is 23.1. The van der Waals surface area contributed by atoms with E-state index in [1.165, 1.54) is 0 Å². The molecule has 1 aliphatic rings. The van der Waals surface area contributed by atoms with Crippen LogP contribution in [0, 0.1) is 0 Å². The number of hydrogen-bond acceptors (Lipinski definition) is 3. The van der Waals surface area contributed by atoms with Crippen molar-refractivity contribution in [2.45, 2.75) is 56.9 Å². The molecular formula is C12H22N2O3. The Kier molecular flexibility index (Phi) is 5.41. The van der Waals surface area contributed by atoms with Gasteiger partial charge in [0.2, 0.25) is 5.91 Å². The predicted octanol–water partition coefficient (Wildman–Crippen LogP) is 1.02. The quantitative estimate of drug-likeness (QED) is 0.627. The lowest BCUT2D eigenvalue weighted by Crippen LogP contribution is -2.54. The molecule has 0 bridgehead atoms. The molecule has 5 nitrogen and oxygen atoms in total. The van der Waals surface area contributed by atoms with Gasteiger partial charge in [-0.1, -0.05) is 25.7 Å². The number of nitrogens with two attached hydrogens (primary N) is 1. The summed E-state index contributed by atoms with van der Waals surface area (Å²) in [6, 6.07) is 0. The largest absolute Gasteiger partial charge is 0.480 e. The summed E-state index contributed by atoms with van der Waals surface area (Å²) in [5.41, 5.74) is 4.29. The maximum absolute atomic E-state index is 11.7. The zero-order chi connectivity index (χ0) is 12.7. The van der Waals surface area contributed by atoms with Crippen LogP contribution in [0.25, 0.3) is 0 Å². The molecule has 0 unspecified atom stereocenters. The maximum Gasteiger partial charge on any atom is 0.329 e. The van der Waals surface area contributed by atoms with Gasteiger partial charge >= 0.3 is 5.97 Å². The zero-order valence-electron chi connectivity index (χ0n) is 10.2. The van der Waals surface area contributed by atoms with Crippen molar-refractivity contribution in [2.24, 2.45) is 5.73 Å². The van der Waals surface area contributed by atoms with Crippen LogP contribution >= 0.6 is 0 Å². The van der Waals surface area contributed by atoms with Crippen molar-refractivity contribution in [1.82, 2.24) is 5.32 Å². The topological polar surface area (TPSA) is 92.4 Å². The van der Waals surface area contributed by atoms with E-state index in [9.17, 15) is 14.7 Å². The van der Waals surface area contributed by atoms with Gasteiger partial charge in [0.05, 0.1) is 0 Å². The molecule has 0 spiro atoms. The standard InChI is InChI=1S/C12H22N2O3/c13-9-5-6-10(15)14-12(11(16)17)7-3-1-2-4-8-12/h1-9,13H2,(H,14,15)(H,16,17). The van der Waals surface area contributed by atoms with Gasteiger partial charge < -0.3 is 16.2 Å². The maximum atomic E-state index is 11.7. The zero-order valence-corrected chi connectivity index (χ0v) is 10.2. The normalized spacial score (nSPS) is 19.4. The van der Waals surface area contributed by atoms with Crippen molar-refractivity contribution in [3.8, 4) is 0 Å². The van der Waals surface area contributed by atoms with Crippen LogP contribution in [0.2, 0.25) is 0 Å². The first-order chi connectivity index (χ1) is 8.10. The fraction of sp³-hybridized carbons (Fsp3) is 0.833. The first-order valence-corrected chi connectivity index (χ1v) is 6.35. The monoisotopic (exact) mass is 242 g/mol. The van der Waals surface area contributed by atoms with Gasteiger partial charge in [-0.2, -0.15) is 0 Å². The van der Waals surface area contributed by atoms with E-state index in [-0.39, 0.29) is 5.91 Å². The summed E-state index contributed by atoms with van der Waals surface area (Å²) in [6.07, 6.45) is 5.81. The Balaban J connectivity index is 2.63. The van der Waals surface area contributed by atoms with Gasteiger partial charge in [0.1, 0.15) is 5.54 Å². The molecule has 4 N–H and O–H groups in total. The van der Waals surface area contributed by atoms with Gasteiger partial charge in [-0.25, -0.2) is 4.79 Å². The molecule has 0 aromatic rings. The highest BCUT2D eigenvalue weighted by Gasteiger charge is 2.39. The fourth-order valence-electron chi connectivity index (χ4n) is 2.32. The molecule has 1 amide bonds. The lowest BCUT2D eigenvalue weighted by atomic mass is 9.90. The van der Waals surface area contributed by atoms with Crippen LogP contribution in [-0.2, 0) is 9.59 Å². The minimum Gasteiger partial charge on any atom is -0.480 e. The van der Waals surface area contributed by atoms with E-state index in [0.29, 0.717) is 32.2 Å². The number of amides is 1. The van der Waals surface area contributed by atoms with Gasteiger partial charge in [0, 0.05) is 6.42 Å². The van der Waals surface area contributed by atoms with Crippen molar-refractivity contribution in [3.05, 3.63) is 0 Å². The van der Waals surface area contributed by atoms with Gasteiger partial charge in [0.25, 0.3) is 0 Å². The lowest BCUT2D eigenvalue weighted by Gasteiger charge is -2.29. The number of hydrogen-bond donors (Lipinski definition) is 3. The SMILES string of the molecule is NCCCC(=O)NC1(C(=O)O)CCCCCC1. The summed E-state index contributed by atoms with van der Waals surface area (Å²) < 4.78 is 0. The van der Waals surface area contributed by atoms with Crippen LogP contribution in [0.3, 0.4) is 0 Å². The first kappa shape index (κ1) is 14.0. The van der Waals surface area contributed by atoms with Crippen LogP contribution < -0.4 is 11.1 Å². The van der Waals surface area contributed by atoms with Gasteiger partial charge in [0.15, 0.2) is 0 Å². The molecule has 0 saturated heterocycles. The van der Waals surface area contributed by atoms with Gasteiger partial charge in [-0.3, -0.25) is 4.79 Å². The molecule has 0 aliphatic heterocycles. The Morgan fingerprint density at radius 3 is 2.24 bits per heavy atom. The molecule has 17 heavy (non-hydrogen) atoms. The third kappa shape index (κ3) is 4.00. The highest BCUT2D eigenvalue weighted by atomic mass is 16.4. The van der Waals surface area contributed by atoms with Gasteiger partial charge in [-0.15, -0.1) is 0 Å². The van der Waals surface area contributed by atoms with E-state index in [4.69, 9.17) is 5.73 Å². The number of rotatable bonds is 5. The van der Waals surface area contributed by atoms with Crippen LogP contribution in [-0.4, -0.2) is 29.1 Å². The highest BCUT2D eigenvalue weighted by Crippen LogP contribution is 2.27. The molecule has 98 valence electrons. The number of carbonyl (C=O) groups is 2. The first-order valence-electron chi connectivity index (χ1n) is 6.35. The Hall–Kier alpha value is -1.10. The Bertz CT molecular complexity index is 271. The summed E-state index contributed by atoms with van der Waals surface area (Å²) in [5.74, 6) is -1.10. The molecule has 1 fully saturated rings. The Morgan fingerprint density at radius 1 is 1.18 bits per heavy atom. The summed E-state index contributed by atoms with van der Waals surface area (Å²) in [5, 5.41) is 12.1. The number of carboxylic acid groups (broad SMARTS) is 1. The number of nitrogens with one attached hydrogen (secondary N) is 1. The molecular weight excluding hydrogens is 220 g/mol.